The number of aliphatic hydroxyl groups is 1. The number of likely N-dealkylation sites (tertiary alicyclic amines) is 1. The van der Waals surface area contributed by atoms with Crippen LogP contribution in [0.1, 0.15) is 51.5 Å². The van der Waals surface area contributed by atoms with E-state index in [0.717, 1.165) is 31.2 Å². The highest BCUT2D eigenvalue weighted by atomic mass is 32.2. The van der Waals surface area contributed by atoms with Crippen LogP contribution < -0.4 is 0 Å². The van der Waals surface area contributed by atoms with E-state index in [-0.39, 0.29) is 36.2 Å². The minimum atomic E-state index is -0.734. The van der Waals surface area contributed by atoms with E-state index in [4.69, 9.17) is 4.74 Å². The number of carbonyl (C=O) groups excluding carboxylic acids is 3. The molecule has 2 amide bonds. The fourth-order valence-electron chi connectivity index (χ4n) is 6.58. The molecule has 8 heteroatoms. The predicted octanol–water partition coefficient (Wildman–Crippen LogP) is 3.45. The fourth-order valence-corrected chi connectivity index (χ4v) is 8.77. The van der Waals surface area contributed by atoms with Crippen molar-refractivity contribution in [3.63, 3.8) is 0 Å². The van der Waals surface area contributed by atoms with Crippen LogP contribution in [0.15, 0.2) is 43.0 Å². The lowest BCUT2D eigenvalue weighted by molar-refractivity contribution is -0.154. The van der Waals surface area contributed by atoms with Crippen molar-refractivity contribution in [3.8, 4) is 0 Å². The molecule has 3 aliphatic rings. The first-order valence-electron chi connectivity index (χ1n) is 13.6. The quantitative estimate of drug-likeness (QED) is 0.240. The minimum Gasteiger partial charge on any atom is -0.466 e. The number of aliphatic hydroxyl groups excluding tert-OH is 1. The lowest BCUT2D eigenvalue weighted by Gasteiger charge is -2.39. The van der Waals surface area contributed by atoms with Crippen LogP contribution in [-0.4, -0.2) is 81.1 Å². The molecule has 0 saturated carbocycles. The number of nitrogens with zero attached hydrogens (tertiary/aromatic N) is 2. The Hall–Kier alpha value is -2.32. The van der Waals surface area contributed by atoms with Gasteiger partial charge in [0.25, 0.3) is 0 Å². The van der Waals surface area contributed by atoms with Gasteiger partial charge in [-0.3, -0.25) is 14.4 Å². The van der Waals surface area contributed by atoms with E-state index in [2.05, 4.69) is 13.5 Å². The molecule has 0 aromatic heterocycles. The van der Waals surface area contributed by atoms with Crippen LogP contribution in [-0.2, 0) is 25.5 Å². The Morgan fingerprint density at radius 1 is 1.30 bits per heavy atom. The van der Waals surface area contributed by atoms with E-state index < -0.39 is 28.7 Å². The van der Waals surface area contributed by atoms with Gasteiger partial charge in [-0.2, -0.15) is 0 Å². The van der Waals surface area contributed by atoms with Gasteiger partial charge in [0.15, 0.2) is 0 Å². The van der Waals surface area contributed by atoms with Gasteiger partial charge in [0.1, 0.15) is 6.04 Å². The van der Waals surface area contributed by atoms with Crippen molar-refractivity contribution in [2.45, 2.75) is 74.5 Å². The third-order valence-corrected chi connectivity index (χ3v) is 10.1. The van der Waals surface area contributed by atoms with Gasteiger partial charge in [0, 0.05) is 18.3 Å². The van der Waals surface area contributed by atoms with Gasteiger partial charge < -0.3 is 19.6 Å². The number of rotatable bonds is 13. The van der Waals surface area contributed by atoms with Crippen molar-refractivity contribution >= 4 is 29.5 Å². The Morgan fingerprint density at radius 2 is 2.05 bits per heavy atom. The lowest BCUT2D eigenvalue weighted by atomic mass is 9.71. The number of hydrogen-bond acceptors (Lipinski definition) is 6. The third kappa shape index (κ3) is 5.07. The average Bonchev–Trinajstić information content (AvgIpc) is 3.54. The van der Waals surface area contributed by atoms with Crippen LogP contribution in [0, 0.1) is 11.8 Å². The molecule has 3 aliphatic heterocycles. The second kappa shape index (κ2) is 12.0. The second-order valence-electron chi connectivity index (χ2n) is 10.4. The van der Waals surface area contributed by atoms with E-state index >= 15 is 0 Å². The monoisotopic (exact) mass is 528 g/mol. The molecule has 0 aliphatic carbocycles. The Kier molecular flexibility index (Phi) is 9.01. The summed E-state index contributed by atoms with van der Waals surface area (Å²) in [5.74, 6) is -1.82. The van der Waals surface area contributed by atoms with Crippen LogP contribution in [0.5, 0.6) is 0 Å². The van der Waals surface area contributed by atoms with Crippen LogP contribution in [0.25, 0.3) is 0 Å². The number of esters is 1. The summed E-state index contributed by atoms with van der Waals surface area (Å²) in [5.41, 5.74) is 0.986. The largest absolute Gasteiger partial charge is 0.466 e. The minimum absolute atomic E-state index is 0.0277. The molecule has 1 aromatic carbocycles. The van der Waals surface area contributed by atoms with Gasteiger partial charge in [-0.15, -0.1) is 18.3 Å². The zero-order valence-electron chi connectivity index (χ0n) is 22.0. The molecule has 4 rings (SSSR count). The van der Waals surface area contributed by atoms with E-state index in [1.54, 1.807) is 29.7 Å². The molecule has 2 unspecified atom stereocenters. The molecule has 6 atom stereocenters. The van der Waals surface area contributed by atoms with Crippen LogP contribution in [0.4, 0.5) is 0 Å². The molecule has 3 saturated heterocycles. The normalized spacial score (nSPS) is 28.7. The highest BCUT2D eigenvalue weighted by molar-refractivity contribution is 8.02. The van der Waals surface area contributed by atoms with Gasteiger partial charge in [0.05, 0.1) is 35.8 Å². The maximum Gasteiger partial charge on any atom is 0.310 e. The number of fused-ring (bicyclic) bond motifs is 1. The number of thioether (sulfide) groups is 1. The average molecular weight is 529 g/mol. The van der Waals surface area contributed by atoms with Gasteiger partial charge in [-0.05, 0) is 38.2 Å². The molecule has 202 valence electrons. The maximum atomic E-state index is 14.4. The molecule has 3 fully saturated rings. The first-order chi connectivity index (χ1) is 17.9. The Balaban J connectivity index is 1.74. The van der Waals surface area contributed by atoms with E-state index in [1.165, 1.54) is 0 Å². The SMILES string of the molecule is C=CCN(CCCCC)C(=O)C1N([C@@H](CO)Cc2ccccc2)C(=O)[C@@H]2[C@H](C(=O)OCC)[C@@H]3CCC12S3. The summed E-state index contributed by atoms with van der Waals surface area (Å²) in [4.78, 5) is 45.1. The molecule has 1 aromatic rings. The van der Waals surface area contributed by atoms with Crippen molar-refractivity contribution in [3.05, 3.63) is 48.6 Å². The number of carbonyl (C=O) groups is 3. The van der Waals surface area contributed by atoms with Gasteiger partial charge in [0.2, 0.25) is 11.8 Å². The maximum absolute atomic E-state index is 14.4. The summed E-state index contributed by atoms with van der Waals surface area (Å²) in [6.45, 7) is 8.75. The van der Waals surface area contributed by atoms with Gasteiger partial charge in [-0.1, -0.05) is 56.2 Å². The second-order valence-corrected chi connectivity index (χ2v) is 12.0. The zero-order chi connectivity index (χ0) is 26.6. The van der Waals surface area contributed by atoms with E-state index in [1.807, 2.05) is 35.2 Å². The fraction of sp³-hybridized carbons (Fsp3) is 0.621. The zero-order valence-corrected chi connectivity index (χ0v) is 22.8. The highest BCUT2D eigenvalue weighted by Gasteiger charge is 2.74. The summed E-state index contributed by atoms with van der Waals surface area (Å²) < 4.78 is 4.73. The van der Waals surface area contributed by atoms with Crippen molar-refractivity contribution < 1.29 is 24.2 Å². The molecule has 3 heterocycles. The molecule has 0 radical (unpaired) electrons. The molecule has 37 heavy (non-hydrogen) atoms. The Labute approximate surface area is 224 Å². The summed E-state index contributed by atoms with van der Waals surface area (Å²) in [5, 5.41) is 10.5. The van der Waals surface area contributed by atoms with Crippen LogP contribution in [0.3, 0.4) is 0 Å². The van der Waals surface area contributed by atoms with Crippen molar-refractivity contribution in [2.24, 2.45) is 11.8 Å². The van der Waals surface area contributed by atoms with Crippen LogP contribution >= 0.6 is 11.8 Å². The molecular formula is C29H40N2O5S. The summed E-state index contributed by atoms with van der Waals surface area (Å²) in [6, 6.07) is 8.43. The molecular weight excluding hydrogens is 488 g/mol. The topological polar surface area (TPSA) is 87.2 Å². The number of hydrogen-bond donors (Lipinski definition) is 1. The number of amides is 2. The Morgan fingerprint density at radius 3 is 2.70 bits per heavy atom. The molecule has 1 spiro atoms. The summed E-state index contributed by atoms with van der Waals surface area (Å²) >= 11 is 1.64. The highest BCUT2D eigenvalue weighted by Crippen LogP contribution is 2.67. The Bertz CT molecular complexity index is 988. The van der Waals surface area contributed by atoms with E-state index in [0.29, 0.717) is 25.9 Å². The van der Waals surface area contributed by atoms with Crippen molar-refractivity contribution in [1.29, 1.82) is 0 Å². The predicted molar refractivity (Wildman–Crippen MR) is 145 cm³/mol. The van der Waals surface area contributed by atoms with Crippen molar-refractivity contribution in [1.82, 2.24) is 9.80 Å². The van der Waals surface area contributed by atoms with Gasteiger partial charge in [-0.25, -0.2) is 0 Å². The summed E-state index contributed by atoms with van der Waals surface area (Å²) in [7, 11) is 0. The molecule has 1 N–H and O–H groups in total. The number of unbranched alkanes of at least 4 members (excludes halogenated alkanes) is 2. The molecule has 7 nitrogen and oxygen atoms in total. The first-order valence-corrected chi connectivity index (χ1v) is 14.5. The molecule has 2 bridgehead atoms. The van der Waals surface area contributed by atoms with Gasteiger partial charge >= 0.3 is 5.97 Å². The van der Waals surface area contributed by atoms with E-state index in [9.17, 15) is 19.5 Å². The smallest absolute Gasteiger partial charge is 0.310 e. The number of benzene rings is 1. The van der Waals surface area contributed by atoms with Crippen molar-refractivity contribution in [2.75, 3.05) is 26.3 Å². The van der Waals surface area contributed by atoms with Crippen LogP contribution in [0.2, 0.25) is 0 Å². The lowest BCUT2D eigenvalue weighted by Crippen LogP contribution is -2.58. The first kappa shape index (κ1) is 27.7. The third-order valence-electron chi connectivity index (χ3n) is 8.14. The summed E-state index contributed by atoms with van der Waals surface area (Å²) in [6.07, 6.45) is 6.56. The standard InChI is InChI=1S/C29H40N2O5S/c1-4-7-11-17-30(16-5-2)27(34)25-29-15-14-22(37-29)23(28(35)36-6-3)24(29)26(33)31(25)21(19-32)18-20-12-9-8-10-13-20/h5,8-10,12-13,21-25,32H,2,4,6-7,11,14-19H2,1,3H3/t21-,22+,23-,24+,25?,29?/m1/s1. The number of ether oxygens (including phenoxy) is 1.